The minimum atomic E-state index is -4.00. The Kier molecular flexibility index (Phi) is 4.50. The van der Waals surface area contributed by atoms with Crippen LogP contribution in [0.15, 0.2) is 34.8 Å². The smallest absolute Gasteiger partial charge is 0.289 e. The van der Waals surface area contributed by atoms with Crippen molar-refractivity contribution in [2.45, 2.75) is 11.4 Å². The quantitative estimate of drug-likeness (QED) is 0.614. The van der Waals surface area contributed by atoms with Gasteiger partial charge in [0.1, 0.15) is 0 Å². The Morgan fingerprint density at radius 1 is 1.43 bits per heavy atom. The van der Waals surface area contributed by atoms with Crippen molar-refractivity contribution in [3.8, 4) is 0 Å². The van der Waals surface area contributed by atoms with Crippen LogP contribution in [0.25, 0.3) is 0 Å². The molecule has 112 valence electrons. The molecule has 2 N–H and O–H groups in total. The molecular formula is C11H12N4O4S2. The van der Waals surface area contributed by atoms with Gasteiger partial charge in [0, 0.05) is 36.4 Å². The van der Waals surface area contributed by atoms with E-state index >= 15 is 0 Å². The van der Waals surface area contributed by atoms with Gasteiger partial charge in [-0.1, -0.05) is 0 Å². The normalized spacial score (nSPS) is 11.3. The molecule has 0 aliphatic rings. The third kappa shape index (κ3) is 3.54. The number of hydrogen-bond acceptors (Lipinski definition) is 7. The lowest BCUT2D eigenvalue weighted by atomic mass is 10.3. The molecule has 0 saturated carbocycles. The first-order chi connectivity index (χ1) is 9.94. The second-order valence-electron chi connectivity index (χ2n) is 3.98. The van der Waals surface area contributed by atoms with E-state index in [9.17, 15) is 18.5 Å². The summed E-state index contributed by atoms with van der Waals surface area (Å²) in [5, 5.41) is 13.7. The number of hydrogen-bond donors (Lipinski definition) is 2. The van der Waals surface area contributed by atoms with Crippen LogP contribution >= 0.6 is 11.3 Å². The van der Waals surface area contributed by atoms with Crippen LogP contribution in [0.3, 0.4) is 0 Å². The molecule has 0 aliphatic heterocycles. The predicted molar refractivity (Wildman–Crippen MR) is 78.8 cm³/mol. The second-order valence-corrected chi connectivity index (χ2v) is 6.69. The van der Waals surface area contributed by atoms with Crippen molar-refractivity contribution in [2.24, 2.45) is 0 Å². The molecule has 2 rings (SSSR count). The number of nitro benzene ring substituents is 1. The Morgan fingerprint density at radius 2 is 2.19 bits per heavy atom. The van der Waals surface area contributed by atoms with Gasteiger partial charge in [0.25, 0.3) is 5.69 Å². The molecule has 1 aromatic carbocycles. The van der Waals surface area contributed by atoms with Crippen LogP contribution in [0.2, 0.25) is 0 Å². The van der Waals surface area contributed by atoms with Gasteiger partial charge in [0.2, 0.25) is 10.0 Å². The molecule has 21 heavy (non-hydrogen) atoms. The fraction of sp³-hybridized carbons (Fsp3) is 0.182. The summed E-state index contributed by atoms with van der Waals surface area (Å²) in [6.07, 6.45) is 1.53. The largest absolute Gasteiger partial charge is 0.388 e. The Hall–Kier alpha value is -2.04. The van der Waals surface area contributed by atoms with Crippen molar-refractivity contribution in [1.29, 1.82) is 0 Å². The van der Waals surface area contributed by atoms with Gasteiger partial charge >= 0.3 is 0 Å². The summed E-state index contributed by atoms with van der Waals surface area (Å²) in [7, 11) is -2.40. The van der Waals surface area contributed by atoms with E-state index in [1.54, 1.807) is 12.6 Å². The average molecular weight is 328 g/mol. The molecule has 0 fully saturated rings. The number of sulfonamides is 1. The third-order valence-electron chi connectivity index (χ3n) is 2.65. The molecule has 0 bridgehead atoms. The second kappa shape index (κ2) is 6.16. The molecule has 0 radical (unpaired) electrons. The molecule has 0 aliphatic carbocycles. The van der Waals surface area contributed by atoms with Crippen LogP contribution in [0.5, 0.6) is 0 Å². The van der Waals surface area contributed by atoms with Crippen LogP contribution in [0.1, 0.15) is 4.88 Å². The fourth-order valence-electron chi connectivity index (χ4n) is 1.61. The highest BCUT2D eigenvalue weighted by molar-refractivity contribution is 7.89. The molecule has 10 heteroatoms. The highest BCUT2D eigenvalue weighted by Crippen LogP contribution is 2.27. The maximum atomic E-state index is 12.3. The van der Waals surface area contributed by atoms with Crippen molar-refractivity contribution in [1.82, 2.24) is 9.71 Å². The standard InChI is InChI=1S/C11H12N4O4S2/c1-12-8-2-3-10(15(16)17)11(4-8)21(18,19)14-6-9-5-13-7-20-9/h2-5,7,12,14H,6H2,1H3. The van der Waals surface area contributed by atoms with Gasteiger partial charge in [-0.2, -0.15) is 0 Å². The van der Waals surface area contributed by atoms with E-state index in [0.29, 0.717) is 10.6 Å². The summed E-state index contributed by atoms with van der Waals surface area (Å²) < 4.78 is 26.9. The van der Waals surface area contributed by atoms with Crippen molar-refractivity contribution in [3.63, 3.8) is 0 Å². The lowest BCUT2D eigenvalue weighted by Crippen LogP contribution is -2.23. The van der Waals surface area contributed by atoms with Crippen molar-refractivity contribution < 1.29 is 13.3 Å². The summed E-state index contributed by atoms with van der Waals surface area (Å²) in [6, 6.07) is 3.83. The van der Waals surface area contributed by atoms with E-state index in [0.717, 1.165) is 6.07 Å². The molecule has 0 saturated heterocycles. The zero-order valence-corrected chi connectivity index (χ0v) is 12.6. The van der Waals surface area contributed by atoms with Crippen molar-refractivity contribution in [2.75, 3.05) is 12.4 Å². The summed E-state index contributed by atoms with van der Waals surface area (Å²) in [5.41, 5.74) is 1.58. The average Bonchev–Trinajstić information content (AvgIpc) is 2.98. The van der Waals surface area contributed by atoms with Gasteiger partial charge in [-0.3, -0.25) is 15.1 Å². The predicted octanol–water partition coefficient (Wildman–Crippen LogP) is 1.57. The van der Waals surface area contributed by atoms with Crippen molar-refractivity contribution >= 4 is 32.7 Å². The highest BCUT2D eigenvalue weighted by Gasteiger charge is 2.26. The zero-order valence-electron chi connectivity index (χ0n) is 10.9. The molecule has 1 aromatic heterocycles. The third-order valence-corrected chi connectivity index (χ3v) is 4.86. The number of nitro groups is 1. The highest BCUT2D eigenvalue weighted by atomic mass is 32.2. The number of thiazole rings is 1. The lowest BCUT2D eigenvalue weighted by molar-refractivity contribution is -0.387. The SMILES string of the molecule is CNc1ccc([N+](=O)[O-])c(S(=O)(=O)NCc2cncs2)c1. The topological polar surface area (TPSA) is 114 Å². The molecular weight excluding hydrogens is 316 g/mol. The maximum absolute atomic E-state index is 12.3. The number of benzene rings is 1. The first-order valence-corrected chi connectivity index (χ1v) is 8.13. The fourth-order valence-corrected chi connectivity index (χ4v) is 3.44. The molecule has 0 spiro atoms. The van der Waals surface area contributed by atoms with Gasteiger partial charge in [-0.05, 0) is 12.1 Å². The lowest BCUT2D eigenvalue weighted by Gasteiger charge is -2.08. The van der Waals surface area contributed by atoms with Crippen LogP contribution in [0, 0.1) is 10.1 Å². The van der Waals surface area contributed by atoms with E-state index in [-0.39, 0.29) is 11.4 Å². The molecule has 0 atom stereocenters. The van der Waals surface area contributed by atoms with Gasteiger partial charge < -0.3 is 5.32 Å². The molecule has 0 unspecified atom stereocenters. The molecule has 1 heterocycles. The summed E-state index contributed by atoms with van der Waals surface area (Å²) in [4.78, 5) is 14.4. The molecule has 2 aromatic rings. The van der Waals surface area contributed by atoms with Crippen molar-refractivity contribution in [3.05, 3.63) is 44.9 Å². The minimum Gasteiger partial charge on any atom is -0.388 e. The van der Waals surface area contributed by atoms with E-state index in [1.165, 1.54) is 29.7 Å². The summed E-state index contributed by atoms with van der Waals surface area (Å²) >= 11 is 1.29. The maximum Gasteiger partial charge on any atom is 0.289 e. The Balaban J connectivity index is 2.35. The van der Waals surface area contributed by atoms with E-state index < -0.39 is 20.6 Å². The number of nitrogens with zero attached hydrogens (tertiary/aromatic N) is 2. The van der Waals surface area contributed by atoms with Crippen LogP contribution in [0.4, 0.5) is 11.4 Å². The molecule has 0 amide bonds. The van der Waals surface area contributed by atoms with E-state index in [4.69, 9.17) is 0 Å². The number of aromatic nitrogens is 1. The summed E-state index contributed by atoms with van der Waals surface area (Å²) in [5.74, 6) is 0. The first kappa shape index (κ1) is 15.4. The van der Waals surface area contributed by atoms with Crippen LogP contribution < -0.4 is 10.0 Å². The van der Waals surface area contributed by atoms with Gasteiger partial charge in [-0.25, -0.2) is 13.1 Å². The first-order valence-electron chi connectivity index (χ1n) is 5.77. The number of nitrogens with one attached hydrogen (secondary N) is 2. The summed E-state index contributed by atoms with van der Waals surface area (Å²) in [6.45, 7) is 0.0357. The van der Waals surface area contributed by atoms with Gasteiger partial charge in [0.15, 0.2) is 4.90 Å². The number of rotatable bonds is 6. The molecule has 8 nitrogen and oxygen atoms in total. The van der Waals surface area contributed by atoms with Gasteiger partial charge in [-0.15, -0.1) is 11.3 Å². The van der Waals surface area contributed by atoms with E-state index in [1.807, 2.05) is 0 Å². The van der Waals surface area contributed by atoms with Gasteiger partial charge in [0.05, 0.1) is 10.4 Å². The zero-order chi connectivity index (χ0) is 15.5. The monoisotopic (exact) mass is 328 g/mol. The number of anilines is 1. The Morgan fingerprint density at radius 3 is 2.76 bits per heavy atom. The minimum absolute atomic E-state index is 0.0357. The van der Waals surface area contributed by atoms with Crippen LogP contribution in [-0.2, 0) is 16.6 Å². The van der Waals surface area contributed by atoms with Crippen LogP contribution in [-0.4, -0.2) is 25.4 Å². The van der Waals surface area contributed by atoms with E-state index in [2.05, 4.69) is 15.0 Å². The Bertz CT molecular complexity index is 744. The Labute approximate surface area is 125 Å².